The van der Waals surface area contributed by atoms with E-state index in [9.17, 15) is 9.90 Å². The molecule has 0 saturated carbocycles. The molecule has 1 aromatic rings. The van der Waals surface area contributed by atoms with Crippen LogP contribution in [-0.4, -0.2) is 35.1 Å². The van der Waals surface area contributed by atoms with E-state index >= 15 is 0 Å². The zero-order valence-electron chi connectivity index (χ0n) is 12.8. The number of carbonyl (C=O) groups excluding carboxylic acids is 1. The van der Waals surface area contributed by atoms with Gasteiger partial charge in [0.15, 0.2) is 0 Å². The Labute approximate surface area is 134 Å². The van der Waals surface area contributed by atoms with Crippen molar-refractivity contribution in [3.05, 3.63) is 41.7 Å². The standard InChI is InChI=1S/C17H20O4S/c1-16-8-9-17(21-16,10-13(18)14(16)15(19)20-2)11-22-12-6-4-3-5-7-12/h3-7,18H,8-11H2,1-2H3/t16-,17+/m1/s1. The third-order valence-corrected chi connectivity index (χ3v) is 5.72. The molecule has 1 saturated heterocycles. The summed E-state index contributed by atoms with van der Waals surface area (Å²) in [6, 6.07) is 10.1. The number of aliphatic hydroxyl groups excluding tert-OH is 1. The lowest BCUT2D eigenvalue weighted by Crippen LogP contribution is -2.44. The van der Waals surface area contributed by atoms with Gasteiger partial charge in [-0.25, -0.2) is 4.79 Å². The van der Waals surface area contributed by atoms with Crippen LogP contribution in [0.4, 0.5) is 0 Å². The van der Waals surface area contributed by atoms with Crippen molar-refractivity contribution in [1.82, 2.24) is 0 Å². The third-order valence-electron chi connectivity index (χ3n) is 4.44. The van der Waals surface area contributed by atoms with Crippen LogP contribution in [0.3, 0.4) is 0 Å². The molecule has 22 heavy (non-hydrogen) atoms. The van der Waals surface area contributed by atoms with Gasteiger partial charge in [-0.2, -0.15) is 0 Å². The Kier molecular flexibility index (Phi) is 3.95. The van der Waals surface area contributed by atoms with Gasteiger partial charge < -0.3 is 14.6 Å². The zero-order valence-corrected chi connectivity index (χ0v) is 13.6. The van der Waals surface area contributed by atoms with E-state index < -0.39 is 17.2 Å². The van der Waals surface area contributed by atoms with Gasteiger partial charge in [-0.1, -0.05) is 18.2 Å². The summed E-state index contributed by atoms with van der Waals surface area (Å²) < 4.78 is 11.1. The summed E-state index contributed by atoms with van der Waals surface area (Å²) in [5.74, 6) is 0.378. The van der Waals surface area contributed by atoms with Crippen LogP contribution < -0.4 is 0 Å². The molecule has 0 amide bonds. The Balaban J connectivity index is 1.80. The number of thioether (sulfide) groups is 1. The molecular weight excluding hydrogens is 300 g/mol. The molecule has 0 radical (unpaired) electrons. The van der Waals surface area contributed by atoms with Crippen molar-refractivity contribution in [2.75, 3.05) is 12.9 Å². The number of esters is 1. The van der Waals surface area contributed by atoms with Gasteiger partial charge in [-0.05, 0) is 31.9 Å². The Morgan fingerprint density at radius 1 is 1.36 bits per heavy atom. The molecule has 3 rings (SSSR count). The minimum absolute atomic E-state index is 0.117. The number of aliphatic hydroxyl groups is 1. The van der Waals surface area contributed by atoms with Crippen molar-refractivity contribution in [2.24, 2.45) is 0 Å². The molecule has 5 heteroatoms. The Morgan fingerprint density at radius 3 is 2.77 bits per heavy atom. The normalized spacial score (nSPS) is 30.5. The lowest BCUT2D eigenvalue weighted by Gasteiger charge is -2.38. The highest BCUT2D eigenvalue weighted by Gasteiger charge is 2.55. The second kappa shape index (κ2) is 5.63. The van der Waals surface area contributed by atoms with Crippen LogP contribution in [0.2, 0.25) is 0 Å². The van der Waals surface area contributed by atoms with Crippen LogP contribution in [0.5, 0.6) is 0 Å². The van der Waals surface area contributed by atoms with Crippen LogP contribution in [0.25, 0.3) is 0 Å². The first kappa shape index (κ1) is 15.4. The van der Waals surface area contributed by atoms with Gasteiger partial charge >= 0.3 is 5.97 Å². The lowest BCUT2D eigenvalue weighted by molar-refractivity contribution is -0.143. The smallest absolute Gasteiger partial charge is 0.340 e. The molecule has 2 aliphatic heterocycles. The van der Waals surface area contributed by atoms with E-state index in [2.05, 4.69) is 12.1 Å². The highest BCUT2D eigenvalue weighted by Crippen LogP contribution is 2.51. The number of carbonyl (C=O) groups is 1. The molecule has 0 spiro atoms. The average Bonchev–Trinajstić information content (AvgIpc) is 2.79. The molecule has 2 atom stereocenters. The first-order valence-electron chi connectivity index (χ1n) is 7.37. The van der Waals surface area contributed by atoms with E-state index in [1.165, 1.54) is 12.0 Å². The highest BCUT2D eigenvalue weighted by molar-refractivity contribution is 7.99. The van der Waals surface area contributed by atoms with Gasteiger partial charge in [0.1, 0.15) is 16.9 Å². The summed E-state index contributed by atoms with van der Waals surface area (Å²) in [5, 5.41) is 10.4. The molecule has 4 nitrogen and oxygen atoms in total. The van der Waals surface area contributed by atoms with Gasteiger partial charge in [0, 0.05) is 17.1 Å². The van der Waals surface area contributed by atoms with Crippen LogP contribution in [0.1, 0.15) is 26.2 Å². The number of rotatable bonds is 4. The van der Waals surface area contributed by atoms with E-state index in [4.69, 9.17) is 9.47 Å². The molecule has 2 aliphatic rings. The van der Waals surface area contributed by atoms with Gasteiger partial charge in [-0.15, -0.1) is 11.8 Å². The molecular formula is C17H20O4S. The molecule has 1 aromatic carbocycles. The van der Waals surface area contributed by atoms with E-state index in [1.54, 1.807) is 11.8 Å². The second-order valence-corrected chi connectivity index (χ2v) is 7.16. The summed E-state index contributed by atoms with van der Waals surface area (Å²) in [6.45, 7) is 1.86. The molecule has 2 heterocycles. The van der Waals surface area contributed by atoms with Crippen molar-refractivity contribution >= 4 is 17.7 Å². The topological polar surface area (TPSA) is 55.8 Å². The van der Waals surface area contributed by atoms with Gasteiger partial charge in [0.2, 0.25) is 0 Å². The van der Waals surface area contributed by atoms with E-state index in [-0.39, 0.29) is 11.3 Å². The summed E-state index contributed by atoms with van der Waals surface area (Å²) in [4.78, 5) is 13.1. The van der Waals surface area contributed by atoms with Crippen molar-refractivity contribution in [3.63, 3.8) is 0 Å². The summed E-state index contributed by atoms with van der Waals surface area (Å²) >= 11 is 1.72. The molecule has 118 valence electrons. The molecule has 0 aromatic heterocycles. The summed E-state index contributed by atoms with van der Waals surface area (Å²) in [7, 11) is 1.33. The number of hydrogen-bond acceptors (Lipinski definition) is 5. The SMILES string of the molecule is COC(=O)C1=C(O)C[C@]2(CSc3ccccc3)CC[C@@]1(C)O2. The maximum Gasteiger partial charge on any atom is 0.340 e. The molecule has 0 aliphatic carbocycles. The van der Waals surface area contributed by atoms with E-state index in [0.29, 0.717) is 6.42 Å². The van der Waals surface area contributed by atoms with Crippen molar-refractivity contribution < 1.29 is 19.4 Å². The molecule has 1 N–H and O–H groups in total. The fourth-order valence-corrected chi connectivity index (χ4v) is 4.45. The number of hydrogen-bond donors (Lipinski definition) is 1. The van der Waals surface area contributed by atoms with E-state index in [0.717, 1.165) is 18.6 Å². The highest BCUT2D eigenvalue weighted by atomic mass is 32.2. The minimum atomic E-state index is -0.743. The van der Waals surface area contributed by atoms with E-state index in [1.807, 2.05) is 25.1 Å². The zero-order chi connectivity index (χ0) is 15.8. The summed E-state index contributed by atoms with van der Waals surface area (Å²) in [5.41, 5.74) is -0.864. The van der Waals surface area contributed by atoms with Crippen LogP contribution >= 0.6 is 11.8 Å². The van der Waals surface area contributed by atoms with Crippen LogP contribution in [0, 0.1) is 0 Å². The van der Waals surface area contributed by atoms with Crippen molar-refractivity contribution in [3.8, 4) is 0 Å². The maximum atomic E-state index is 11.9. The fraction of sp³-hybridized carbons (Fsp3) is 0.471. The minimum Gasteiger partial charge on any atom is -0.512 e. The van der Waals surface area contributed by atoms with Crippen molar-refractivity contribution in [1.29, 1.82) is 0 Å². The predicted octanol–water partition coefficient (Wildman–Crippen LogP) is 3.48. The Hall–Kier alpha value is -1.46. The largest absolute Gasteiger partial charge is 0.512 e. The third kappa shape index (κ3) is 2.63. The van der Waals surface area contributed by atoms with Crippen LogP contribution in [-0.2, 0) is 14.3 Å². The number of ether oxygens (including phenoxy) is 2. The van der Waals surface area contributed by atoms with Gasteiger partial charge in [0.25, 0.3) is 0 Å². The van der Waals surface area contributed by atoms with Gasteiger partial charge in [0.05, 0.1) is 12.7 Å². The summed E-state index contributed by atoms with van der Waals surface area (Å²) in [6.07, 6.45) is 1.91. The number of benzene rings is 1. The van der Waals surface area contributed by atoms with Gasteiger partial charge in [-0.3, -0.25) is 0 Å². The molecule has 1 fully saturated rings. The van der Waals surface area contributed by atoms with Crippen molar-refractivity contribution in [2.45, 2.75) is 42.3 Å². The number of fused-ring (bicyclic) bond motifs is 2. The quantitative estimate of drug-likeness (QED) is 0.680. The Morgan fingerprint density at radius 2 is 2.09 bits per heavy atom. The Bertz CT molecular complexity index is 612. The average molecular weight is 320 g/mol. The monoisotopic (exact) mass is 320 g/mol. The number of methoxy groups -OCH3 is 1. The van der Waals surface area contributed by atoms with Crippen LogP contribution in [0.15, 0.2) is 46.6 Å². The second-order valence-electron chi connectivity index (χ2n) is 6.11. The maximum absolute atomic E-state index is 11.9. The first-order chi connectivity index (χ1) is 10.5. The predicted molar refractivity (Wildman–Crippen MR) is 84.9 cm³/mol. The molecule has 0 unspecified atom stereocenters. The molecule has 2 bridgehead atoms. The lowest BCUT2D eigenvalue weighted by atomic mass is 9.91. The first-order valence-corrected chi connectivity index (χ1v) is 8.36. The fourth-order valence-electron chi connectivity index (χ4n) is 3.37.